The molecule has 2 heterocycles. The van der Waals surface area contributed by atoms with E-state index in [0.29, 0.717) is 22.8 Å². The zero-order valence-electron chi connectivity index (χ0n) is 13.1. The van der Waals surface area contributed by atoms with E-state index in [2.05, 4.69) is 20.4 Å². The Morgan fingerprint density at radius 1 is 1.04 bits per heavy atom. The van der Waals surface area contributed by atoms with Crippen LogP contribution in [-0.2, 0) is 0 Å². The highest BCUT2D eigenvalue weighted by molar-refractivity contribution is 5.73. The third kappa shape index (κ3) is 2.79. The number of non-ortho nitro benzene ring substituents is 1. The highest BCUT2D eigenvalue weighted by Crippen LogP contribution is 2.37. The van der Waals surface area contributed by atoms with Gasteiger partial charge in [-0.15, -0.1) is 5.11 Å². The van der Waals surface area contributed by atoms with Crippen LogP contribution >= 0.6 is 0 Å². The van der Waals surface area contributed by atoms with Gasteiger partial charge in [0.15, 0.2) is 17.2 Å². The number of benzene rings is 2. The van der Waals surface area contributed by atoms with Crippen molar-refractivity contribution in [2.45, 2.75) is 0 Å². The maximum Gasteiger partial charge on any atom is 0.292 e. The molecule has 0 fully saturated rings. The fourth-order valence-electron chi connectivity index (χ4n) is 2.48. The molecule has 0 saturated carbocycles. The third-order valence-electron chi connectivity index (χ3n) is 3.72. The zero-order valence-corrected chi connectivity index (χ0v) is 13.1. The summed E-state index contributed by atoms with van der Waals surface area (Å²) in [4.78, 5) is 22.3. The van der Waals surface area contributed by atoms with Gasteiger partial charge in [0, 0.05) is 17.7 Å². The predicted molar refractivity (Wildman–Crippen MR) is 90.2 cm³/mol. The molecule has 10 heteroatoms. The predicted octanol–water partition coefficient (Wildman–Crippen LogP) is 3.42. The molecule has 4 rings (SSSR count). The summed E-state index contributed by atoms with van der Waals surface area (Å²) in [6.07, 6.45) is 0. The SMILES string of the molecule is O=c1[nH][nH]c(-c2ccc3c(c2)OCO3)c1N=Nc1cccc([N+](=O)[O-])c1. The highest BCUT2D eigenvalue weighted by atomic mass is 16.7. The van der Waals surface area contributed by atoms with E-state index >= 15 is 0 Å². The lowest BCUT2D eigenvalue weighted by molar-refractivity contribution is -0.384. The van der Waals surface area contributed by atoms with Crippen LogP contribution in [0.1, 0.15) is 0 Å². The average molecular weight is 353 g/mol. The molecule has 1 aromatic heterocycles. The van der Waals surface area contributed by atoms with Gasteiger partial charge in [-0.05, 0) is 24.3 Å². The van der Waals surface area contributed by atoms with Crippen LogP contribution in [0, 0.1) is 10.1 Å². The Labute approximate surface area is 145 Å². The van der Waals surface area contributed by atoms with Crippen LogP contribution in [0.4, 0.5) is 17.1 Å². The van der Waals surface area contributed by atoms with Crippen LogP contribution in [0.25, 0.3) is 11.3 Å². The van der Waals surface area contributed by atoms with Gasteiger partial charge < -0.3 is 9.47 Å². The fraction of sp³-hybridized carbons (Fsp3) is 0.0625. The molecule has 0 amide bonds. The number of aromatic nitrogens is 2. The summed E-state index contributed by atoms with van der Waals surface area (Å²) in [5.41, 5.74) is 0.808. The van der Waals surface area contributed by atoms with Crippen molar-refractivity contribution in [2.24, 2.45) is 10.2 Å². The Morgan fingerprint density at radius 3 is 2.73 bits per heavy atom. The largest absolute Gasteiger partial charge is 0.454 e. The lowest BCUT2D eigenvalue weighted by Gasteiger charge is -2.01. The number of rotatable bonds is 4. The lowest BCUT2D eigenvalue weighted by Crippen LogP contribution is -1.96. The van der Waals surface area contributed by atoms with E-state index in [4.69, 9.17) is 9.47 Å². The molecule has 1 aliphatic heterocycles. The number of H-pyrrole nitrogens is 2. The number of azo groups is 1. The van der Waals surface area contributed by atoms with Crippen LogP contribution in [0.3, 0.4) is 0 Å². The van der Waals surface area contributed by atoms with Gasteiger partial charge in [-0.25, -0.2) is 0 Å². The van der Waals surface area contributed by atoms with Crippen molar-refractivity contribution in [3.63, 3.8) is 0 Å². The first-order valence-electron chi connectivity index (χ1n) is 7.49. The number of aromatic amines is 2. The molecule has 0 spiro atoms. The Kier molecular flexibility index (Phi) is 3.69. The summed E-state index contributed by atoms with van der Waals surface area (Å²) in [5, 5.41) is 23.9. The van der Waals surface area contributed by atoms with Gasteiger partial charge in [0.2, 0.25) is 6.79 Å². The molecule has 3 aromatic rings. The number of nitrogens with one attached hydrogen (secondary N) is 2. The molecular formula is C16H11N5O5. The summed E-state index contributed by atoms with van der Waals surface area (Å²) in [7, 11) is 0. The topological polar surface area (TPSA) is 135 Å². The highest BCUT2D eigenvalue weighted by Gasteiger charge is 2.17. The lowest BCUT2D eigenvalue weighted by atomic mass is 10.1. The summed E-state index contributed by atoms with van der Waals surface area (Å²) in [6, 6.07) is 10.9. The number of nitro groups is 1. The van der Waals surface area contributed by atoms with E-state index in [1.807, 2.05) is 0 Å². The summed E-state index contributed by atoms with van der Waals surface area (Å²) in [5.74, 6) is 1.18. The van der Waals surface area contributed by atoms with Crippen molar-refractivity contribution < 1.29 is 14.4 Å². The van der Waals surface area contributed by atoms with Gasteiger partial charge in [0.05, 0.1) is 16.3 Å². The fourth-order valence-corrected chi connectivity index (χ4v) is 2.48. The van der Waals surface area contributed by atoms with Crippen molar-refractivity contribution in [1.82, 2.24) is 10.2 Å². The maximum absolute atomic E-state index is 12.0. The van der Waals surface area contributed by atoms with Gasteiger partial charge in [0.1, 0.15) is 0 Å². The first kappa shape index (κ1) is 15.6. The molecule has 2 N–H and O–H groups in total. The molecule has 130 valence electrons. The molecule has 26 heavy (non-hydrogen) atoms. The summed E-state index contributed by atoms with van der Waals surface area (Å²) in [6.45, 7) is 0.141. The molecule has 0 saturated heterocycles. The summed E-state index contributed by atoms with van der Waals surface area (Å²) < 4.78 is 10.6. The second-order valence-corrected chi connectivity index (χ2v) is 5.35. The van der Waals surface area contributed by atoms with Crippen LogP contribution in [0.2, 0.25) is 0 Å². The average Bonchev–Trinajstić information content (AvgIpc) is 3.26. The van der Waals surface area contributed by atoms with Gasteiger partial charge >= 0.3 is 0 Å². The second-order valence-electron chi connectivity index (χ2n) is 5.35. The minimum atomic E-state index is -0.528. The molecule has 0 radical (unpaired) electrons. The van der Waals surface area contributed by atoms with Crippen LogP contribution in [0.15, 0.2) is 57.5 Å². The Balaban J connectivity index is 1.70. The molecule has 1 aliphatic rings. The van der Waals surface area contributed by atoms with E-state index in [-0.39, 0.29) is 23.9 Å². The Morgan fingerprint density at radius 2 is 1.88 bits per heavy atom. The zero-order chi connectivity index (χ0) is 18.1. The van der Waals surface area contributed by atoms with Gasteiger partial charge in [-0.3, -0.25) is 25.1 Å². The van der Waals surface area contributed by atoms with Crippen molar-refractivity contribution in [1.29, 1.82) is 0 Å². The maximum atomic E-state index is 12.0. The van der Waals surface area contributed by atoms with E-state index in [1.54, 1.807) is 24.3 Å². The van der Waals surface area contributed by atoms with Gasteiger partial charge in [-0.2, -0.15) is 5.11 Å². The first-order chi connectivity index (χ1) is 12.6. The van der Waals surface area contributed by atoms with Crippen molar-refractivity contribution in [3.05, 3.63) is 62.9 Å². The molecule has 10 nitrogen and oxygen atoms in total. The molecule has 0 bridgehead atoms. The molecular weight excluding hydrogens is 342 g/mol. The molecule has 2 aromatic carbocycles. The standard InChI is InChI=1S/C16H11N5O5/c22-16-15(19-17-10-2-1-3-11(7-10)21(23)24)14(18-20-16)9-4-5-12-13(6-9)26-8-25-12/h1-7H,8H2,(H2,18,20,22). The van der Waals surface area contributed by atoms with Crippen LogP contribution < -0.4 is 15.0 Å². The quantitative estimate of drug-likeness (QED) is 0.421. The van der Waals surface area contributed by atoms with E-state index in [0.717, 1.165) is 0 Å². The minimum Gasteiger partial charge on any atom is -0.454 e. The number of hydrogen-bond donors (Lipinski definition) is 2. The Bertz CT molecular complexity index is 1080. The van der Waals surface area contributed by atoms with E-state index < -0.39 is 10.5 Å². The number of ether oxygens (including phenoxy) is 2. The van der Waals surface area contributed by atoms with Gasteiger partial charge in [-0.1, -0.05) is 6.07 Å². The number of nitrogens with zero attached hydrogens (tertiary/aromatic N) is 3. The van der Waals surface area contributed by atoms with Crippen LogP contribution in [0.5, 0.6) is 11.5 Å². The Hall–Kier alpha value is -3.95. The normalized spacial score (nSPS) is 12.6. The minimum absolute atomic E-state index is 0.0513. The van der Waals surface area contributed by atoms with E-state index in [9.17, 15) is 14.9 Å². The number of fused-ring (bicyclic) bond motifs is 1. The van der Waals surface area contributed by atoms with Crippen LogP contribution in [-0.4, -0.2) is 21.9 Å². The smallest absolute Gasteiger partial charge is 0.292 e. The van der Waals surface area contributed by atoms with Crippen molar-refractivity contribution in [3.8, 4) is 22.8 Å². The van der Waals surface area contributed by atoms with Gasteiger partial charge in [0.25, 0.3) is 11.2 Å². The number of hydrogen-bond acceptors (Lipinski definition) is 7. The number of nitro benzene ring substituents is 1. The third-order valence-corrected chi connectivity index (χ3v) is 3.72. The monoisotopic (exact) mass is 353 g/mol. The summed E-state index contributed by atoms with van der Waals surface area (Å²) >= 11 is 0. The van der Waals surface area contributed by atoms with Crippen molar-refractivity contribution >= 4 is 17.1 Å². The molecule has 0 unspecified atom stereocenters. The van der Waals surface area contributed by atoms with Crippen molar-refractivity contribution in [2.75, 3.05) is 6.79 Å². The second kappa shape index (κ2) is 6.16. The van der Waals surface area contributed by atoms with E-state index in [1.165, 1.54) is 18.2 Å². The first-order valence-corrected chi connectivity index (χ1v) is 7.49. The molecule has 0 aliphatic carbocycles. The molecule has 0 atom stereocenters.